The van der Waals surface area contributed by atoms with Gasteiger partial charge in [-0.3, -0.25) is 0 Å². The Morgan fingerprint density at radius 2 is 1.35 bits per heavy atom. The fraction of sp³-hybridized carbons (Fsp3) is 0.368. The van der Waals surface area contributed by atoms with E-state index >= 15 is 0 Å². The topological polar surface area (TPSA) is 44.5 Å². The molecule has 23 heavy (non-hydrogen) atoms. The van der Waals surface area contributed by atoms with E-state index in [0.717, 1.165) is 45.0 Å². The van der Waals surface area contributed by atoms with E-state index in [9.17, 15) is 0 Å². The summed E-state index contributed by atoms with van der Waals surface area (Å²) in [5.74, 6) is 0. The van der Waals surface area contributed by atoms with Gasteiger partial charge < -0.3 is 20.9 Å². The summed E-state index contributed by atoms with van der Waals surface area (Å²) in [6.45, 7) is 6.26. The number of anilines is 2. The quantitative estimate of drug-likeness (QED) is 0.832. The van der Waals surface area contributed by atoms with Crippen LogP contribution in [0.4, 0.5) is 11.4 Å². The highest BCUT2D eigenvalue weighted by molar-refractivity contribution is 5.48. The van der Waals surface area contributed by atoms with E-state index in [1.807, 2.05) is 12.1 Å². The molecule has 0 unspecified atom stereocenters. The van der Waals surface area contributed by atoms with Gasteiger partial charge in [0.1, 0.15) is 0 Å². The highest BCUT2D eigenvalue weighted by Gasteiger charge is 2.13. The van der Waals surface area contributed by atoms with E-state index < -0.39 is 0 Å². The Morgan fingerprint density at radius 3 is 1.91 bits per heavy atom. The van der Waals surface area contributed by atoms with E-state index in [4.69, 9.17) is 5.73 Å². The number of hydrogen-bond acceptors (Lipinski definition) is 4. The number of likely N-dealkylation sites (N-methyl/N-ethyl adjacent to an activating group) is 1. The van der Waals surface area contributed by atoms with Crippen molar-refractivity contribution < 1.29 is 0 Å². The molecule has 0 amide bonds. The maximum absolute atomic E-state index is 5.70. The number of nitrogen functional groups attached to an aromatic ring is 1. The van der Waals surface area contributed by atoms with Gasteiger partial charge in [-0.05, 0) is 42.4 Å². The molecule has 1 aliphatic heterocycles. The van der Waals surface area contributed by atoms with Crippen LogP contribution in [0.25, 0.3) is 0 Å². The zero-order valence-corrected chi connectivity index (χ0v) is 13.8. The lowest BCUT2D eigenvalue weighted by atomic mass is 10.1. The lowest BCUT2D eigenvalue weighted by Gasteiger charge is -2.34. The molecule has 2 aromatic carbocycles. The van der Waals surface area contributed by atoms with Crippen LogP contribution in [0.1, 0.15) is 11.1 Å². The van der Waals surface area contributed by atoms with Crippen molar-refractivity contribution in [2.24, 2.45) is 0 Å². The van der Waals surface area contributed by atoms with Crippen LogP contribution in [-0.4, -0.2) is 38.1 Å². The van der Waals surface area contributed by atoms with Gasteiger partial charge in [-0.25, -0.2) is 0 Å². The Balaban J connectivity index is 1.48. The molecule has 4 nitrogen and oxygen atoms in total. The van der Waals surface area contributed by atoms with Gasteiger partial charge >= 0.3 is 0 Å². The van der Waals surface area contributed by atoms with E-state index in [1.54, 1.807) is 0 Å². The molecule has 4 heteroatoms. The van der Waals surface area contributed by atoms with Crippen LogP contribution in [0.15, 0.2) is 48.5 Å². The molecule has 3 N–H and O–H groups in total. The molecule has 0 aromatic heterocycles. The number of nitrogens with one attached hydrogen (secondary N) is 1. The number of piperazine rings is 1. The first-order valence-corrected chi connectivity index (χ1v) is 8.28. The Labute approximate surface area is 138 Å². The Morgan fingerprint density at radius 1 is 0.826 bits per heavy atom. The van der Waals surface area contributed by atoms with Gasteiger partial charge in [-0.2, -0.15) is 0 Å². The summed E-state index contributed by atoms with van der Waals surface area (Å²) in [5.41, 5.74) is 10.4. The van der Waals surface area contributed by atoms with Crippen molar-refractivity contribution in [3.63, 3.8) is 0 Å². The predicted octanol–water partition coefficient (Wildman–Crippen LogP) is 2.31. The maximum atomic E-state index is 5.70. The zero-order valence-electron chi connectivity index (χ0n) is 13.8. The van der Waals surface area contributed by atoms with Crippen molar-refractivity contribution in [1.82, 2.24) is 10.2 Å². The summed E-state index contributed by atoms with van der Waals surface area (Å²) < 4.78 is 0. The van der Waals surface area contributed by atoms with Crippen molar-refractivity contribution in [3.8, 4) is 0 Å². The Kier molecular flexibility index (Phi) is 5.16. The summed E-state index contributed by atoms with van der Waals surface area (Å²) >= 11 is 0. The first-order valence-electron chi connectivity index (χ1n) is 8.28. The number of benzene rings is 2. The van der Waals surface area contributed by atoms with Crippen LogP contribution in [0.2, 0.25) is 0 Å². The molecule has 0 atom stereocenters. The van der Waals surface area contributed by atoms with Crippen molar-refractivity contribution in [2.75, 3.05) is 43.9 Å². The van der Waals surface area contributed by atoms with E-state index in [1.165, 1.54) is 16.8 Å². The number of nitrogens with zero attached hydrogens (tertiary/aromatic N) is 2. The average Bonchev–Trinajstić information content (AvgIpc) is 2.58. The summed E-state index contributed by atoms with van der Waals surface area (Å²) in [7, 11) is 2.19. The lowest BCUT2D eigenvalue weighted by molar-refractivity contribution is 0.313. The zero-order chi connectivity index (χ0) is 16.1. The first kappa shape index (κ1) is 15.8. The van der Waals surface area contributed by atoms with Gasteiger partial charge in [0.05, 0.1) is 0 Å². The molecule has 1 saturated heterocycles. The SMILES string of the molecule is CN1CCN(c2ccc(CNCc3ccc(N)cc3)cc2)CC1. The molecule has 0 aliphatic carbocycles. The third-order valence-electron chi connectivity index (χ3n) is 4.44. The largest absolute Gasteiger partial charge is 0.399 e. The van der Waals surface area contributed by atoms with Crippen molar-refractivity contribution in [1.29, 1.82) is 0 Å². The maximum Gasteiger partial charge on any atom is 0.0367 e. The smallest absolute Gasteiger partial charge is 0.0367 e. The average molecular weight is 310 g/mol. The second kappa shape index (κ2) is 7.49. The molecule has 0 saturated carbocycles. The molecular formula is C19H26N4. The van der Waals surface area contributed by atoms with Gasteiger partial charge in [0.25, 0.3) is 0 Å². The second-order valence-electron chi connectivity index (χ2n) is 6.30. The monoisotopic (exact) mass is 310 g/mol. The molecule has 0 radical (unpaired) electrons. The van der Waals surface area contributed by atoms with Gasteiger partial charge in [0.2, 0.25) is 0 Å². The predicted molar refractivity (Wildman–Crippen MR) is 97.6 cm³/mol. The molecule has 122 valence electrons. The summed E-state index contributed by atoms with van der Waals surface area (Å²) in [6, 6.07) is 17.0. The first-order chi connectivity index (χ1) is 11.2. The minimum Gasteiger partial charge on any atom is -0.399 e. The molecular weight excluding hydrogens is 284 g/mol. The molecule has 0 spiro atoms. The minimum absolute atomic E-state index is 0.813. The second-order valence-corrected chi connectivity index (χ2v) is 6.30. The molecule has 3 rings (SSSR count). The van der Waals surface area contributed by atoms with Gasteiger partial charge in [-0.15, -0.1) is 0 Å². The Hall–Kier alpha value is -2.04. The highest BCUT2D eigenvalue weighted by atomic mass is 15.2. The number of hydrogen-bond donors (Lipinski definition) is 2. The molecule has 1 aliphatic rings. The molecule has 0 bridgehead atoms. The molecule has 1 fully saturated rings. The third kappa shape index (κ3) is 4.47. The fourth-order valence-corrected chi connectivity index (χ4v) is 2.88. The highest BCUT2D eigenvalue weighted by Crippen LogP contribution is 2.17. The standard InChI is InChI=1S/C19H26N4/c1-22-10-12-23(13-11-22)19-8-4-17(5-9-19)15-21-14-16-2-6-18(20)7-3-16/h2-9,21H,10-15,20H2,1H3. The van der Waals surface area contributed by atoms with Crippen LogP contribution >= 0.6 is 0 Å². The summed E-state index contributed by atoms with van der Waals surface area (Å²) in [4.78, 5) is 4.84. The molecule has 1 heterocycles. The number of rotatable bonds is 5. The van der Waals surface area contributed by atoms with Crippen LogP contribution in [-0.2, 0) is 13.1 Å². The van der Waals surface area contributed by atoms with Crippen molar-refractivity contribution in [3.05, 3.63) is 59.7 Å². The normalized spacial score (nSPS) is 15.8. The summed E-state index contributed by atoms with van der Waals surface area (Å²) in [5, 5.41) is 3.48. The third-order valence-corrected chi connectivity index (χ3v) is 4.44. The van der Waals surface area contributed by atoms with E-state index in [0.29, 0.717) is 0 Å². The van der Waals surface area contributed by atoms with Gasteiger partial charge in [0.15, 0.2) is 0 Å². The van der Waals surface area contributed by atoms with Crippen molar-refractivity contribution in [2.45, 2.75) is 13.1 Å². The van der Waals surface area contributed by atoms with Crippen LogP contribution in [0.5, 0.6) is 0 Å². The summed E-state index contributed by atoms with van der Waals surface area (Å²) in [6.07, 6.45) is 0. The number of nitrogens with two attached hydrogens (primary N) is 1. The van der Waals surface area contributed by atoms with Gasteiger partial charge in [0, 0.05) is 50.6 Å². The van der Waals surface area contributed by atoms with E-state index in [-0.39, 0.29) is 0 Å². The Bertz CT molecular complexity index is 598. The lowest BCUT2D eigenvalue weighted by Crippen LogP contribution is -2.44. The van der Waals surface area contributed by atoms with Crippen LogP contribution in [0, 0.1) is 0 Å². The minimum atomic E-state index is 0.813. The fourth-order valence-electron chi connectivity index (χ4n) is 2.88. The van der Waals surface area contributed by atoms with Crippen LogP contribution in [0.3, 0.4) is 0 Å². The van der Waals surface area contributed by atoms with Crippen LogP contribution < -0.4 is 16.0 Å². The van der Waals surface area contributed by atoms with Gasteiger partial charge in [-0.1, -0.05) is 24.3 Å². The molecule has 2 aromatic rings. The van der Waals surface area contributed by atoms with Crippen molar-refractivity contribution >= 4 is 11.4 Å². The van der Waals surface area contributed by atoms with E-state index in [2.05, 4.69) is 58.6 Å².